The molecule has 0 spiro atoms. The van der Waals surface area contributed by atoms with Crippen molar-refractivity contribution in [3.63, 3.8) is 0 Å². The Morgan fingerprint density at radius 1 is 1.50 bits per heavy atom. The molecule has 4 fully saturated rings. The van der Waals surface area contributed by atoms with Gasteiger partial charge < -0.3 is 9.47 Å². The van der Waals surface area contributed by atoms with Crippen molar-refractivity contribution in [1.29, 1.82) is 0 Å². The van der Waals surface area contributed by atoms with Crippen LogP contribution < -0.4 is 0 Å². The first-order valence-corrected chi connectivity index (χ1v) is 5.74. The molecule has 3 saturated carbocycles. The highest BCUT2D eigenvalue weighted by Gasteiger charge is 2.59. The van der Waals surface area contributed by atoms with Crippen molar-refractivity contribution in [3.8, 4) is 0 Å². The maximum Gasteiger partial charge on any atom is 0.330 e. The minimum Gasteiger partial charge on any atom is -0.458 e. The Morgan fingerprint density at radius 3 is 3.06 bits per heavy atom. The highest BCUT2D eigenvalue weighted by Crippen LogP contribution is 2.52. The highest BCUT2D eigenvalue weighted by atomic mass is 16.6. The number of hydrogen-bond donors (Lipinski definition) is 0. The van der Waals surface area contributed by atoms with Crippen LogP contribution in [0.3, 0.4) is 0 Å². The highest BCUT2D eigenvalue weighted by molar-refractivity contribution is 5.81. The predicted octanol–water partition coefficient (Wildman–Crippen LogP) is 1.06. The van der Waals surface area contributed by atoms with E-state index in [0.29, 0.717) is 0 Å². The average molecular weight is 222 g/mol. The summed E-state index contributed by atoms with van der Waals surface area (Å²) in [6.45, 7) is 3.38. The summed E-state index contributed by atoms with van der Waals surface area (Å²) in [4.78, 5) is 22.8. The van der Waals surface area contributed by atoms with Crippen LogP contribution in [-0.2, 0) is 19.1 Å². The summed E-state index contributed by atoms with van der Waals surface area (Å²) in [6.07, 6.45) is 3.59. The lowest BCUT2D eigenvalue weighted by Crippen LogP contribution is -2.50. The van der Waals surface area contributed by atoms with Crippen molar-refractivity contribution < 1.29 is 19.1 Å². The van der Waals surface area contributed by atoms with Gasteiger partial charge in [-0.15, -0.1) is 0 Å². The first-order valence-electron chi connectivity index (χ1n) is 5.74. The van der Waals surface area contributed by atoms with Crippen molar-refractivity contribution in [2.45, 2.75) is 31.5 Å². The Labute approximate surface area is 93.6 Å². The van der Waals surface area contributed by atoms with Crippen LogP contribution in [0.25, 0.3) is 0 Å². The monoisotopic (exact) mass is 222 g/mol. The van der Waals surface area contributed by atoms with Crippen molar-refractivity contribution in [2.24, 2.45) is 17.8 Å². The lowest BCUT2D eigenvalue weighted by molar-refractivity contribution is -0.167. The molecule has 0 N–H and O–H groups in total. The van der Waals surface area contributed by atoms with Gasteiger partial charge >= 0.3 is 11.9 Å². The molecule has 3 aliphatic carbocycles. The lowest BCUT2D eigenvalue weighted by atomic mass is 9.63. The molecule has 1 heterocycles. The van der Waals surface area contributed by atoms with Crippen LogP contribution in [0.4, 0.5) is 0 Å². The zero-order chi connectivity index (χ0) is 11.3. The van der Waals surface area contributed by atoms with E-state index in [-0.39, 0.29) is 35.9 Å². The summed E-state index contributed by atoms with van der Waals surface area (Å²) < 4.78 is 10.6. The molecule has 16 heavy (non-hydrogen) atoms. The van der Waals surface area contributed by atoms with Crippen molar-refractivity contribution in [1.82, 2.24) is 0 Å². The average Bonchev–Trinajstić information content (AvgIpc) is 2.58. The van der Waals surface area contributed by atoms with E-state index in [0.717, 1.165) is 25.3 Å². The Bertz CT molecular complexity index is 362. The van der Waals surface area contributed by atoms with Crippen LogP contribution in [0.15, 0.2) is 12.7 Å². The minimum absolute atomic E-state index is 0.0578. The Hall–Kier alpha value is -1.32. The minimum atomic E-state index is -0.419. The molecule has 4 aliphatic rings. The quantitative estimate of drug-likeness (QED) is 0.517. The lowest BCUT2D eigenvalue weighted by Gasteiger charge is -2.43. The van der Waals surface area contributed by atoms with E-state index in [2.05, 4.69) is 6.58 Å². The van der Waals surface area contributed by atoms with E-state index in [4.69, 9.17) is 9.47 Å². The van der Waals surface area contributed by atoms with E-state index < -0.39 is 5.97 Å². The molecular weight excluding hydrogens is 208 g/mol. The zero-order valence-corrected chi connectivity index (χ0v) is 8.93. The molecule has 0 aromatic heterocycles. The maximum atomic E-state index is 11.6. The molecule has 0 radical (unpaired) electrons. The van der Waals surface area contributed by atoms with Gasteiger partial charge in [0.05, 0.1) is 5.92 Å². The zero-order valence-electron chi connectivity index (χ0n) is 8.93. The van der Waals surface area contributed by atoms with Gasteiger partial charge in [-0.1, -0.05) is 6.58 Å². The number of ether oxygens (including phenoxy) is 2. The van der Waals surface area contributed by atoms with E-state index in [1.54, 1.807) is 0 Å². The molecule has 1 saturated heterocycles. The Kier molecular flexibility index (Phi) is 2.06. The molecule has 0 aromatic rings. The Morgan fingerprint density at radius 2 is 2.31 bits per heavy atom. The molecule has 0 aromatic carbocycles. The molecule has 4 nitrogen and oxygen atoms in total. The number of carbonyl (C=O) groups excluding carboxylic acids is 2. The maximum absolute atomic E-state index is 11.6. The molecule has 86 valence electrons. The molecule has 4 bridgehead atoms. The van der Waals surface area contributed by atoms with Gasteiger partial charge in [0.15, 0.2) is 0 Å². The van der Waals surface area contributed by atoms with E-state index in [1.807, 2.05) is 0 Å². The van der Waals surface area contributed by atoms with E-state index in [9.17, 15) is 9.59 Å². The molecule has 1 aliphatic heterocycles. The normalized spacial score (nSPS) is 44.0. The third-order valence-corrected chi connectivity index (χ3v) is 4.13. The SMILES string of the molecule is C=CC(=O)OC1C2CC[C@H]3C(C2)C(=O)OC13. The largest absolute Gasteiger partial charge is 0.458 e. The predicted molar refractivity (Wildman–Crippen MR) is 54.3 cm³/mol. The molecule has 4 rings (SSSR count). The van der Waals surface area contributed by atoms with Gasteiger partial charge in [-0.25, -0.2) is 4.79 Å². The smallest absolute Gasteiger partial charge is 0.330 e. The molecule has 5 atom stereocenters. The first kappa shape index (κ1) is 9.87. The second-order valence-electron chi connectivity index (χ2n) is 4.85. The van der Waals surface area contributed by atoms with Crippen LogP contribution >= 0.6 is 0 Å². The van der Waals surface area contributed by atoms with Gasteiger partial charge in [0, 0.05) is 17.9 Å². The summed E-state index contributed by atoms with van der Waals surface area (Å²) >= 11 is 0. The molecule has 0 amide bonds. The van der Waals surface area contributed by atoms with Crippen LogP contribution in [-0.4, -0.2) is 24.1 Å². The number of rotatable bonds is 2. The second-order valence-corrected chi connectivity index (χ2v) is 4.85. The third-order valence-electron chi connectivity index (χ3n) is 4.13. The Balaban J connectivity index is 1.83. The number of carbonyl (C=O) groups is 2. The van der Waals surface area contributed by atoms with E-state index >= 15 is 0 Å². The fourth-order valence-electron chi connectivity index (χ4n) is 3.42. The van der Waals surface area contributed by atoms with Crippen molar-refractivity contribution >= 4 is 11.9 Å². The van der Waals surface area contributed by atoms with Gasteiger partial charge in [0.1, 0.15) is 12.2 Å². The summed E-state index contributed by atoms with van der Waals surface area (Å²) in [5.74, 6) is 0.0896. The number of fused-ring (bicyclic) bond motifs is 1. The second kappa shape index (κ2) is 3.34. The molecule has 4 heteroatoms. The van der Waals surface area contributed by atoms with Crippen LogP contribution in [0.1, 0.15) is 19.3 Å². The van der Waals surface area contributed by atoms with Gasteiger partial charge in [-0.3, -0.25) is 4.79 Å². The van der Waals surface area contributed by atoms with Crippen molar-refractivity contribution in [3.05, 3.63) is 12.7 Å². The fourth-order valence-corrected chi connectivity index (χ4v) is 3.42. The summed E-state index contributed by atoms with van der Waals surface area (Å²) in [7, 11) is 0. The van der Waals surface area contributed by atoms with Gasteiger partial charge in [-0.05, 0) is 19.3 Å². The fraction of sp³-hybridized carbons (Fsp3) is 0.667. The summed E-state index contributed by atoms with van der Waals surface area (Å²) in [6, 6.07) is 0. The third kappa shape index (κ3) is 1.22. The van der Waals surface area contributed by atoms with Gasteiger partial charge in [0.25, 0.3) is 0 Å². The van der Waals surface area contributed by atoms with Gasteiger partial charge in [-0.2, -0.15) is 0 Å². The topological polar surface area (TPSA) is 52.6 Å². The van der Waals surface area contributed by atoms with Crippen LogP contribution in [0.5, 0.6) is 0 Å². The number of esters is 2. The molecular formula is C12H14O4. The summed E-state index contributed by atoms with van der Waals surface area (Å²) in [5, 5.41) is 0. The first-order chi connectivity index (χ1) is 7.70. The summed E-state index contributed by atoms with van der Waals surface area (Å²) in [5.41, 5.74) is 0. The number of hydrogen-bond acceptors (Lipinski definition) is 4. The van der Waals surface area contributed by atoms with Gasteiger partial charge in [0.2, 0.25) is 0 Å². The van der Waals surface area contributed by atoms with E-state index in [1.165, 1.54) is 0 Å². The standard InChI is InChI=1S/C12H14O4/c1-2-9(13)15-10-6-3-4-7-8(5-6)12(14)16-11(7)10/h2,6-8,10-11H,1,3-5H2/t6?,7-,8?,10?,11?/m0/s1. The van der Waals surface area contributed by atoms with Crippen LogP contribution in [0, 0.1) is 17.8 Å². The van der Waals surface area contributed by atoms with Crippen molar-refractivity contribution in [2.75, 3.05) is 0 Å². The molecule has 4 unspecified atom stereocenters. The van der Waals surface area contributed by atoms with Crippen LogP contribution in [0.2, 0.25) is 0 Å².